The lowest BCUT2D eigenvalue weighted by Crippen LogP contribution is -2.36. The second-order valence-corrected chi connectivity index (χ2v) is 15.3. The number of methoxy groups -OCH3 is 3. The van der Waals surface area contributed by atoms with Crippen LogP contribution in [0.3, 0.4) is 0 Å². The number of hydrogen-bond acceptors (Lipinski definition) is 11. The van der Waals surface area contributed by atoms with Crippen LogP contribution in [-0.2, 0) is 32.1 Å². The number of hydrogen-bond donors (Lipinski definition) is 6. The van der Waals surface area contributed by atoms with Gasteiger partial charge in [0.25, 0.3) is 11.8 Å². The molecular weight excluding hydrogens is 781 g/mol. The number of rotatable bonds is 12. The number of primary amides is 1. The monoisotopic (exact) mass is 840 g/mol. The first kappa shape index (κ1) is 47.7. The average Bonchev–Trinajstić information content (AvgIpc) is 3.23. The fourth-order valence-corrected chi connectivity index (χ4v) is 7.14. The number of nitrogens with zero attached hydrogens (tertiary/aromatic N) is 1. The molecule has 14 nitrogen and oxygen atoms in total. The quantitative estimate of drug-likeness (QED) is 0.0601. The van der Waals surface area contributed by atoms with Gasteiger partial charge in [0.05, 0.1) is 30.7 Å². The lowest BCUT2D eigenvalue weighted by Gasteiger charge is -2.28. The fourth-order valence-electron chi connectivity index (χ4n) is 7.14. The molecule has 0 radical (unpaired) electrons. The number of aliphatic hydroxyl groups excluding tert-OH is 1. The summed E-state index contributed by atoms with van der Waals surface area (Å²) in [6.07, 6.45) is 4.41. The predicted molar refractivity (Wildman–Crippen MR) is 236 cm³/mol. The number of benzene rings is 3. The van der Waals surface area contributed by atoms with Gasteiger partial charge in [-0.1, -0.05) is 68.0 Å². The van der Waals surface area contributed by atoms with Crippen LogP contribution in [0.5, 0.6) is 17.2 Å². The van der Waals surface area contributed by atoms with E-state index >= 15 is 0 Å². The molecule has 5 atom stereocenters. The molecule has 1 heterocycles. The van der Waals surface area contributed by atoms with E-state index in [9.17, 15) is 29.7 Å². The molecule has 0 aromatic heterocycles. The van der Waals surface area contributed by atoms with Crippen molar-refractivity contribution in [3.05, 3.63) is 118 Å². The van der Waals surface area contributed by atoms with Gasteiger partial charge in [-0.05, 0) is 87.2 Å². The van der Waals surface area contributed by atoms with Crippen LogP contribution >= 0.6 is 0 Å². The second-order valence-electron chi connectivity index (χ2n) is 15.3. The Kier molecular flexibility index (Phi) is 17.7. The van der Waals surface area contributed by atoms with Crippen LogP contribution in [0, 0.1) is 5.92 Å². The highest BCUT2D eigenvalue weighted by atomic mass is 16.6. The van der Waals surface area contributed by atoms with Gasteiger partial charge in [-0.15, -0.1) is 0 Å². The topological polar surface area (TPSA) is 202 Å². The minimum Gasteiger partial charge on any atom is -0.506 e. The standard InChI is InChI=1S/C47H60N4O10/c1-9-21-51(27-33-15-19-35(58-6)20-16-33)26-32-13-17-34(18-14-32)46(56)50-41-36-22-28(2)23-40(60-8)42(53)30(4)24-31(5)44(61-47(48)57)39(59-7)12-10-11-29(3)45(55)49-37(43(36)54)25-38(41)52/h10-20,22,24-25,30,39-40,42,44,52-54H,9,21,23,26-27H2,1-8H3,(H2,48,57)(H,49,55)(H,50,56)/t30-,39-,40-,42+,44-/m0/s1. The first-order chi connectivity index (χ1) is 29.1. The fraction of sp³-hybridized carbons (Fsp3) is 0.383. The molecule has 0 saturated heterocycles. The van der Waals surface area contributed by atoms with Crippen LogP contribution in [0.25, 0.3) is 6.08 Å². The lowest BCUT2D eigenvalue weighted by molar-refractivity contribution is -0.112. The van der Waals surface area contributed by atoms with Crippen molar-refractivity contribution in [2.75, 3.05) is 38.5 Å². The van der Waals surface area contributed by atoms with Crippen molar-refractivity contribution in [1.82, 2.24) is 4.90 Å². The number of phenols is 2. The molecule has 328 valence electrons. The molecule has 4 rings (SSSR count). The number of nitrogens with one attached hydrogen (secondary N) is 2. The van der Waals surface area contributed by atoms with Gasteiger partial charge in [-0.2, -0.15) is 0 Å². The molecule has 7 N–H and O–H groups in total. The zero-order valence-electron chi connectivity index (χ0n) is 36.2. The van der Waals surface area contributed by atoms with Gasteiger partial charge in [-0.3, -0.25) is 14.5 Å². The molecule has 0 saturated carbocycles. The molecule has 0 aliphatic carbocycles. The molecule has 1 aliphatic heterocycles. The molecule has 0 spiro atoms. The van der Waals surface area contributed by atoms with E-state index in [-0.39, 0.29) is 28.9 Å². The zero-order valence-corrected chi connectivity index (χ0v) is 36.2. The molecule has 61 heavy (non-hydrogen) atoms. The Bertz CT molecular complexity index is 2110. The van der Waals surface area contributed by atoms with Gasteiger partial charge in [0, 0.05) is 56.0 Å². The summed E-state index contributed by atoms with van der Waals surface area (Å²) in [5, 5.41) is 40.0. The van der Waals surface area contributed by atoms with E-state index in [0.29, 0.717) is 23.3 Å². The normalized spacial score (nSPS) is 20.3. The van der Waals surface area contributed by atoms with Crippen molar-refractivity contribution in [3.8, 4) is 17.2 Å². The van der Waals surface area contributed by atoms with Crippen LogP contribution in [0.4, 0.5) is 16.2 Å². The maximum absolute atomic E-state index is 13.8. The number of carbonyl (C=O) groups excluding carboxylic acids is 3. The molecule has 14 heteroatoms. The Labute approximate surface area is 358 Å². The Hall–Kier alpha value is -5.93. The van der Waals surface area contributed by atoms with Crippen molar-refractivity contribution in [2.24, 2.45) is 11.7 Å². The van der Waals surface area contributed by atoms with Gasteiger partial charge in [0.2, 0.25) is 0 Å². The Morgan fingerprint density at radius 1 is 0.967 bits per heavy atom. The minimum absolute atomic E-state index is 0.0217. The SMILES string of the molecule is CCCN(Cc1ccc(OC)cc1)Cc1ccc(C(=O)Nc2c(O)cc3c(O)c2C=C(C)C[C@H](OC)[C@H](O)[C@@H](C)C=C(C)[C@H](OC(N)=O)[C@@H](OC)C=CC=C(C)C(=O)N3)cc1. The average molecular weight is 841 g/mol. The third-order valence-corrected chi connectivity index (χ3v) is 10.5. The number of ether oxygens (including phenoxy) is 4. The number of nitrogens with two attached hydrogens (primary N) is 1. The molecule has 3 aromatic rings. The molecule has 3 aromatic carbocycles. The van der Waals surface area contributed by atoms with Crippen LogP contribution in [-0.4, -0.2) is 90.4 Å². The summed E-state index contributed by atoms with van der Waals surface area (Å²) in [5.74, 6) is -1.70. The lowest BCUT2D eigenvalue weighted by atomic mass is 9.91. The van der Waals surface area contributed by atoms with Gasteiger partial charge in [0.1, 0.15) is 23.4 Å². The van der Waals surface area contributed by atoms with E-state index in [4.69, 9.17) is 24.7 Å². The number of amides is 3. The van der Waals surface area contributed by atoms with E-state index in [1.165, 1.54) is 20.3 Å². The summed E-state index contributed by atoms with van der Waals surface area (Å²) in [4.78, 5) is 41.4. The number of phenolic OH excluding ortho intramolecular Hbond substituents is 2. The van der Waals surface area contributed by atoms with Crippen LogP contribution < -0.4 is 21.1 Å². The molecular formula is C47H60N4O10. The first-order valence-electron chi connectivity index (χ1n) is 20.1. The molecule has 0 fully saturated rings. The van der Waals surface area contributed by atoms with Crippen LogP contribution in [0.15, 0.2) is 95.6 Å². The Morgan fingerprint density at radius 3 is 2.18 bits per heavy atom. The number of fused-ring (bicyclic) bond motifs is 2. The van der Waals surface area contributed by atoms with Gasteiger partial charge >= 0.3 is 6.09 Å². The van der Waals surface area contributed by atoms with Crippen LogP contribution in [0.2, 0.25) is 0 Å². The van der Waals surface area contributed by atoms with Crippen molar-refractivity contribution in [1.29, 1.82) is 0 Å². The summed E-state index contributed by atoms with van der Waals surface area (Å²) < 4.78 is 22.1. The van der Waals surface area contributed by atoms with E-state index < -0.39 is 59.7 Å². The molecule has 3 amide bonds. The predicted octanol–water partition coefficient (Wildman–Crippen LogP) is 7.46. The zero-order chi connectivity index (χ0) is 44.8. The third kappa shape index (κ3) is 13.3. The summed E-state index contributed by atoms with van der Waals surface area (Å²) >= 11 is 0. The van der Waals surface area contributed by atoms with Gasteiger partial charge < -0.3 is 50.6 Å². The number of aliphatic hydroxyl groups is 1. The summed E-state index contributed by atoms with van der Waals surface area (Å²) in [7, 11) is 4.52. The van der Waals surface area contributed by atoms with Gasteiger partial charge in [-0.25, -0.2) is 4.79 Å². The highest BCUT2D eigenvalue weighted by Crippen LogP contribution is 2.43. The summed E-state index contributed by atoms with van der Waals surface area (Å²) in [6, 6.07) is 16.3. The third-order valence-electron chi connectivity index (χ3n) is 10.5. The number of aromatic hydroxyl groups is 2. The number of allylic oxidation sites excluding steroid dienone is 2. The van der Waals surface area contributed by atoms with E-state index in [1.807, 2.05) is 36.4 Å². The summed E-state index contributed by atoms with van der Waals surface area (Å²) in [6.45, 7) is 11.2. The maximum atomic E-state index is 13.8. The van der Waals surface area contributed by atoms with Crippen molar-refractivity contribution < 1.29 is 48.7 Å². The van der Waals surface area contributed by atoms with E-state index in [2.05, 4.69) is 22.5 Å². The van der Waals surface area contributed by atoms with Crippen molar-refractivity contribution in [2.45, 2.75) is 85.0 Å². The summed E-state index contributed by atoms with van der Waals surface area (Å²) in [5.41, 5.74) is 9.05. The number of anilines is 2. The van der Waals surface area contributed by atoms with Crippen LogP contribution in [0.1, 0.15) is 74.5 Å². The highest BCUT2D eigenvalue weighted by molar-refractivity contribution is 6.09. The van der Waals surface area contributed by atoms with Crippen molar-refractivity contribution in [3.63, 3.8) is 0 Å². The molecule has 0 unspecified atom stereocenters. The van der Waals surface area contributed by atoms with E-state index in [0.717, 1.165) is 42.5 Å². The minimum atomic E-state index is -1.06. The van der Waals surface area contributed by atoms with Gasteiger partial charge in [0.15, 0.2) is 6.10 Å². The van der Waals surface area contributed by atoms with E-state index in [1.54, 1.807) is 71.2 Å². The first-order valence-corrected chi connectivity index (χ1v) is 20.1. The Morgan fingerprint density at radius 2 is 1.61 bits per heavy atom. The second kappa shape index (κ2) is 22.6. The van der Waals surface area contributed by atoms with Crippen molar-refractivity contribution >= 4 is 35.4 Å². The Balaban J connectivity index is 1.69. The molecule has 2 bridgehead atoms. The maximum Gasteiger partial charge on any atom is 0.405 e. The highest BCUT2D eigenvalue weighted by Gasteiger charge is 2.29. The largest absolute Gasteiger partial charge is 0.506 e. The molecule has 1 aliphatic rings. The number of carbonyl (C=O) groups is 3. The smallest absolute Gasteiger partial charge is 0.405 e.